The van der Waals surface area contributed by atoms with Crippen molar-refractivity contribution in [3.63, 3.8) is 0 Å². The number of ether oxygens (including phenoxy) is 2. The van der Waals surface area contributed by atoms with E-state index < -0.39 is 5.97 Å². The number of halogens is 1. The summed E-state index contributed by atoms with van der Waals surface area (Å²) >= 11 is 3.33. The van der Waals surface area contributed by atoms with Crippen molar-refractivity contribution in [3.8, 4) is 11.5 Å². The lowest BCUT2D eigenvalue weighted by Crippen LogP contribution is -2.18. The molecular weight excluding hydrogens is 448 g/mol. The molecule has 0 aliphatic rings. The first kappa shape index (κ1) is 21.3. The van der Waals surface area contributed by atoms with Crippen LogP contribution in [0.2, 0.25) is 0 Å². The first-order valence-electron chi connectivity index (χ1n) is 9.03. The molecule has 0 heterocycles. The van der Waals surface area contributed by atoms with Gasteiger partial charge >= 0.3 is 5.97 Å². The first-order valence-corrected chi connectivity index (χ1v) is 9.82. The molecule has 1 N–H and O–H groups in total. The largest absolute Gasteiger partial charge is 0.493 e. The number of carbonyl (C=O) groups is 2. The summed E-state index contributed by atoms with van der Waals surface area (Å²) in [5, 5.41) is 3.97. The Labute approximate surface area is 182 Å². The van der Waals surface area contributed by atoms with Gasteiger partial charge in [-0.1, -0.05) is 29.8 Å². The molecule has 0 radical (unpaired) electrons. The molecule has 0 fully saturated rings. The van der Waals surface area contributed by atoms with E-state index in [0.717, 1.165) is 5.56 Å². The Morgan fingerprint density at radius 1 is 1.00 bits per heavy atom. The summed E-state index contributed by atoms with van der Waals surface area (Å²) in [5.41, 5.74) is 5.11. The van der Waals surface area contributed by atoms with Crippen LogP contribution in [-0.4, -0.2) is 25.2 Å². The number of aryl methyl sites for hydroxylation is 1. The Morgan fingerprint density at radius 3 is 2.43 bits per heavy atom. The SMILES string of the molecule is COc1cc(/C=N\NC(=O)c2ccccc2Br)ccc1OC(=O)c1ccc(C)cc1. The molecule has 3 rings (SSSR count). The predicted octanol–water partition coefficient (Wildman–Crippen LogP) is 4.75. The Hall–Kier alpha value is -3.45. The number of esters is 1. The van der Waals surface area contributed by atoms with Crippen molar-refractivity contribution in [2.24, 2.45) is 5.10 Å². The average molecular weight is 467 g/mol. The van der Waals surface area contributed by atoms with E-state index in [1.165, 1.54) is 13.3 Å². The number of carbonyl (C=O) groups excluding carboxylic acids is 2. The van der Waals surface area contributed by atoms with Gasteiger partial charge in [0.05, 0.1) is 24.5 Å². The summed E-state index contributed by atoms with van der Waals surface area (Å²) in [6, 6.07) is 19.1. The number of nitrogens with zero attached hydrogens (tertiary/aromatic N) is 1. The van der Waals surface area contributed by atoms with Crippen LogP contribution in [0.1, 0.15) is 31.8 Å². The Kier molecular flexibility index (Phi) is 6.98. The third-order valence-corrected chi connectivity index (χ3v) is 4.87. The number of hydrogen-bond donors (Lipinski definition) is 1. The number of nitrogens with one attached hydrogen (secondary N) is 1. The number of hydrazone groups is 1. The molecule has 0 spiro atoms. The van der Waals surface area contributed by atoms with Crippen LogP contribution in [0.15, 0.2) is 76.3 Å². The molecule has 3 aromatic carbocycles. The van der Waals surface area contributed by atoms with E-state index in [-0.39, 0.29) is 11.7 Å². The predicted molar refractivity (Wildman–Crippen MR) is 118 cm³/mol. The van der Waals surface area contributed by atoms with E-state index in [9.17, 15) is 9.59 Å². The highest BCUT2D eigenvalue weighted by Gasteiger charge is 2.13. The normalized spacial score (nSPS) is 10.6. The molecule has 0 atom stereocenters. The van der Waals surface area contributed by atoms with Gasteiger partial charge < -0.3 is 9.47 Å². The van der Waals surface area contributed by atoms with E-state index in [4.69, 9.17) is 9.47 Å². The minimum Gasteiger partial charge on any atom is -0.493 e. The topological polar surface area (TPSA) is 77.0 Å². The highest BCUT2D eigenvalue weighted by Crippen LogP contribution is 2.28. The molecule has 1 amide bonds. The van der Waals surface area contributed by atoms with Crippen LogP contribution in [0.5, 0.6) is 11.5 Å². The molecule has 0 saturated heterocycles. The molecule has 0 bridgehead atoms. The maximum atomic E-state index is 12.3. The lowest BCUT2D eigenvalue weighted by Gasteiger charge is -2.10. The molecule has 3 aromatic rings. The highest BCUT2D eigenvalue weighted by atomic mass is 79.9. The van der Waals surface area contributed by atoms with Gasteiger partial charge in [-0.3, -0.25) is 4.79 Å². The third-order valence-electron chi connectivity index (χ3n) is 4.18. The Balaban J connectivity index is 1.68. The molecule has 0 aliphatic heterocycles. The van der Waals surface area contributed by atoms with Gasteiger partial charge in [-0.15, -0.1) is 0 Å². The molecule has 0 aromatic heterocycles. The number of amides is 1. The van der Waals surface area contributed by atoms with Gasteiger partial charge in [-0.25, -0.2) is 10.2 Å². The van der Waals surface area contributed by atoms with Crippen molar-refractivity contribution in [2.75, 3.05) is 7.11 Å². The van der Waals surface area contributed by atoms with Gasteiger partial charge in [-0.2, -0.15) is 5.10 Å². The van der Waals surface area contributed by atoms with Crippen molar-refractivity contribution >= 4 is 34.0 Å². The standard InChI is InChI=1S/C23H19BrN2O4/c1-15-7-10-17(11-8-15)23(28)30-20-12-9-16(13-21(20)29-2)14-25-26-22(27)18-5-3-4-6-19(18)24/h3-14H,1-2H3,(H,26,27)/b25-14-. The molecule has 7 heteroatoms. The van der Waals surface area contributed by atoms with Crippen molar-refractivity contribution in [1.29, 1.82) is 0 Å². The van der Waals surface area contributed by atoms with Crippen molar-refractivity contribution in [2.45, 2.75) is 6.92 Å². The summed E-state index contributed by atoms with van der Waals surface area (Å²) in [7, 11) is 1.48. The van der Waals surface area contributed by atoms with Gasteiger partial charge in [0.25, 0.3) is 5.91 Å². The van der Waals surface area contributed by atoms with Gasteiger partial charge in [0.2, 0.25) is 0 Å². The van der Waals surface area contributed by atoms with Crippen molar-refractivity contribution in [1.82, 2.24) is 5.43 Å². The van der Waals surface area contributed by atoms with Gasteiger partial charge in [-0.05, 0) is 70.9 Å². The smallest absolute Gasteiger partial charge is 0.343 e. The summed E-state index contributed by atoms with van der Waals surface area (Å²) in [6.45, 7) is 1.94. The van der Waals surface area contributed by atoms with Crippen LogP contribution in [0, 0.1) is 6.92 Å². The average Bonchev–Trinajstić information content (AvgIpc) is 2.75. The summed E-state index contributed by atoms with van der Waals surface area (Å²) in [6.07, 6.45) is 1.48. The molecule has 152 valence electrons. The van der Waals surface area contributed by atoms with Crippen molar-refractivity contribution < 1.29 is 19.1 Å². The second kappa shape index (κ2) is 9.84. The van der Waals surface area contributed by atoms with E-state index in [1.54, 1.807) is 48.5 Å². The van der Waals surface area contributed by atoms with E-state index in [1.807, 2.05) is 25.1 Å². The summed E-state index contributed by atoms with van der Waals surface area (Å²) in [5.74, 6) is -0.154. The fourth-order valence-corrected chi connectivity index (χ4v) is 3.03. The van der Waals surface area contributed by atoms with E-state index in [2.05, 4.69) is 26.5 Å². The fraction of sp³-hybridized carbons (Fsp3) is 0.0870. The van der Waals surface area contributed by atoms with Gasteiger partial charge in [0.1, 0.15) is 0 Å². The zero-order valence-electron chi connectivity index (χ0n) is 16.4. The molecule has 0 aliphatic carbocycles. The monoisotopic (exact) mass is 466 g/mol. The number of hydrogen-bond acceptors (Lipinski definition) is 5. The first-order chi connectivity index (χ1) is 14.5. The minimum absolute atomic E-state index is 0.289. The van der Waals surface area contributed by atoms with E-state index >= 15 is 0 Å². The number of rotatable bonds is 6. The maximum absolute atomic E-state index is 12.3. The second-order valence-corrected chi connectivity index (χ2v) is 7.20. The van der Waals surface area contributed by atoms with Crippen LogP contribution >= 0.6 is 15.9 Å². The van der Waals surface area contributed by atoms with Gasteiger partial charge in [0.15, 0.2) is 11.5 Å². The fourth-order valence-electron chi connectivity index (χ4n) is 2.57. The zero-order chi connectivity index (χ0) is 21.5. The van der Waals surface area contributed by atoms with Gasteiger partial charge in [0, 0.05) is 4.47 Å². The maximum Gasteiger partial charge on any atom is 0.343 e. The van der Waals surface area contributed by atoms with E-state index in [0.29, 0.717) is 26.9 Å². The second-order valence-electron chi connectivity index (χ2n) is 6.34. The van der Waals surface area contributed by atoms with Crippen LogP contribution < -0.4 is 14.9 Å². The molecule has 6 nitrogen and oxygen atoms in total. The Morgan fingerprint density at radius 2 is 1.73 bits per heavy atom. The van der Waals surface area contributed by atoms with Crippen LogP contribution in [0.25, 0.3) is 0 Å². The van der Waals surface area contributed by atoms with Crippen LogP contribution in [-0.2, 0) is 0 Å². The summed E-state index contributed by atoms with van der Waals surface area (Å²) < 4.78 is 11.4. The third kappa shape index (κ3) is 5.33. The molecule has 0 saturated carbocycles. The molecule has 0 unspecified atom stereocenters. The number of benzene rings is 3. The zero-order valence-corrected chi connectivity index (χ0v) is 18.0. The van der Waals surface area contributed by atoms with Crippen molar-refractivity contribution in [3.05, 3.63) is 93.5 Å². The minimum atomic E-state index is -0.476. The van der Waals surface area contributed by atoms with Crippen LogP contribution in [0.4, 0.5) is 0 Å². The number of methoxy groups -OCH3 is 1. The summed E-state index contributed by atoms with van der Waals surface area (Å²) in [4.78, 5) is 24.5. The molecular formula is C23H19BrN2O4. The Bertz CT molecular complexity index is 1090. The molecule has 30 heavy (non-hydrogen) atoms. The highest BCUT2D eigenvalue weighted by molar-refractivity contribution is 9.10. The van der Waals surface area contributed by atoms with Crippen LogP contribution in [0.3, 0.4) is 0 Å². The quantitative estimate of drug-likeness (QED) is 0.246. The lowest BCUT2D eigenvalue weighted by molar-refractivity contribution is 0.0729. The lowest BCUT2D eigenvalue weighted by atomic mass is 10.1.